The Morgan fingerprint density at radius 2 is 1.84 bits per heavy atom. The fourth-order valence-corrected chi connectivity index (χ4v) is 1.84. The molecule has 0 heterocycles. The van der Waals surface area contributed by atoms with Gasteiger partial charge >= 0.3 is 0 Å². The average Bonchev–Trinajstić information content (AvgIpc) is 2.44. The zero-order valence-electron chi connectivity index (χ0n) is 12.4. The van der Waals surface area contributed by atoms with Crippen LogP contribution in [0.2, 0.25) is 0 Å². The number of hydrogen-bond acceptors (Lipinski definition) is 3. The zero-order chi connectivity index (χ0) is 13.8. The number of nitrogens with one attached hydrogen (secondary N) is 2. The number of rotatable bonds is 11. The monoisotopic (exact) mass is 264 g/mol. The van der Waals surface area contributed by atoms with Crippen molar-refractivity contribution in [1.29, 1.82) is 0 Å². The molecule has 0 fully saturated rings. The Morgan fingerprint density at radius 1 is 1.00 bits per heavy atom. The van der Waals surface area contributed by atoms with Gasteiger partial charge in [-0.3, -0.25) is 0 Å². The summed E-state index contributed by atoms with van der Waals surface area (Å²) in [6, 6.07) is 8.35. The first-order chi connectivity index (χ1) is 9.36. The summed E-state index contributed by atoms with van der Waals surface area (Å²) in [7, 11) is 0. The van der Waals surface area contributed by atoms with E-state index in [9.17, 15) is 0 Å². The van der Waals surface area contributed by atoms with Crippen LogP contribution in [0.4, 0.5) is 0 Å². The van der Waals surface area contributed by atoms with Crippen molar-refractivity contribution in [3.8, 4) is 5.75 Å². The molecule has 1 aromatic carbocycles. The van der Waals surface area contributed by atoms with Crippen LogP contribution in [-0.4, -0.2) is 26.2 Å². The van der Waals surface area contributed by atoms with Crippen molar-refractivity contribution in [1.82, 2.24) is 10.6 Å². The molecule has 0 aliphatic carbocycles. The summed E-state index contributed by atoms with van der Waals surface area (Å²) in [5.41, 5.74) is 1.29. The first kappa shape index (κ1) is 16.0. The summed E-state index contributed by atoms with van der Waals surface area (Å²) < 4.78 is 5.63. The Labute approximate surface area is 117 Å². The second-order valence-electron chi connectivity index (χ2n) is 4.78. The molecule has 0 bridgehead atoms. The van der Waals surface area contributed by atoms with E-state index in [1.54, 1.807) is 0 Å². The highest BCUT2D eigenvalue weighted by atomic mass is 16.5. The first-order valence-electron chi connectivity index (χ1n) is 7.50. The minimum Gasteiger partial charge on any atom is -0.494 e. The quantitative estimate of drug-likeness (QED) is 0.603. The van der Waals surface area contributed by atoms with Crippen LogP contribution in [0.3, 0.4) is 0 Å². The lowest BCUT2D eigenvalue weighted by atomic mass is 10.2. The van der Waals surface area contributed by atoms with Gasteiger partial charge in [0.05, 0.1) is 6.61 Å². The Balaban J connectivity index is 2.14. The van der Waals surface area contributed by atoms with Crippen LogP contribution >= 0.6 is 0 Å². The average molecular weight is 264 g/mol. The molecular weight excluding hydrogens is 236 g/mol. The Bertz CT molecular complexity index is 328. The number of ether oxygens (including phenoxy) is 1. The fourth-order valence-electron chi connectivity index (χ4n) is 1.84. The summed E-state index contributed by atoms with van der Waals surface area (Å²) in [5, 5.41) is 6.87. The van der Waals surface area contributed by atoms with E-state index in [-0.39, 0.29) is 0 Å². The van der Waals surface area contributed by atoms with E-state index in [0.29, 0.717) is 0 Å². The summed E-state index contributed by atoms with van der Waals surface area (Å²) in [6.07, 6.45) is 3.43. The maximum Gasteiger partial charge on any atom is 0.119 e. The van der Waals surface area contributed by atoms with Gasteiger partial charge in [0, 0.05) is 6.54 Å². The lowest BCUT2D eigenvalue weighted by Crippen LogP contribution is -2.22. The maximum absolute atomic E-state index is 5.63. The van der Waals surface area contributed by atoms with Gasteiger partial charge in [-0.25, -0.2) is 0 Å². The van der Waals surface area contributed by atoms with Crippen molar-refractivity contribution in [2.24, 2.45) is 0 Å². The van der Waals surface area contributed by atoms with Gasteiger partial charge in [-0.2, -0.15) is 0 Å². The highest BCUT2D eigenvalue weighted by Crippen LogP contribution is 2.13. The van der Waals surface area contributed by atoms with Gasteiger partial charge in [-0.15, -0.1) is 0 Å². The molecule has 0 spiro atoms. The molecule has 0 aliphatic rings. The predicted molar refractivity (Wildman–Crippen MR) is 81.7 cm³/mol. The molecular formula is C16H28N2O. The largest absolute Gasteiger partial charge is 0.494 e. The SMILES string of the molecule is CCCNCCCNCc1cccc(OCCC)c1. The molecule has 0 aliphatic heterocycles. The molecule has 3 heteroatoms. The van der Waals surface area contributed by atoms with Crippen LogP contribution < -0.4 is 15.4 Å². The van der Waals surface area contributed by atoms with Crippen molar-refractivity contribution in [3.05, 3.63) is 29.8 Å². The maximum atomic E-state index is 5.63. The molecule has 0 atom stereocenters. The van der Waals surface area contributed by atoms with E-state index in [0.717, 1.165) is 45.0 Å². The van der Waals surface area contributed by atoms with E-state index in [4.69, 9.17) is 4.74 Å². The van der Waals surface area contributed by atoms with Crippen LogP contribution in [0.1, 0.15) is 38.7 Å². The van der Waals surface area contributed by atoms with Crippen LogP contribution in [0.5, 0.6) is 5.75 Å². The Morgan fingerprint density at radius 3 is 2.63 bits per heavy atom. The van der Waals surface area contributed by atoms with Gasteiger partial charge < -0.3 is 15.4 Å². The third-order valence-corrected chi connectivity index (χ3v) is 2.83. The number of hydrogen-bond donors (Lipinski definition) is 2. The highest BCUT2D eigenvalue weighted by Gasteiger charge is 1.96. The normalized spacial score (nSPS) is 10.6. The van der Waals surface area contributed by atoms with Crippen molar-refractivity contribution in [2.75, 3.05) is 26.2 Å². The zero-order valence-corrected chi connectivity index (χ0v) is 12.4. The smallest absolute Gasteiger partial charge is 0.119 e. The van der Waals surface area contributed by atoms with Crippen molar-refractivity contribution >= 4 is 0 Å². The second-order valence-corrected chi connectivity index (χ2v) is 4.78. The van der Waals surface area contributed by atoms with Crippen LogP contribution in [0.25, 0.3) is 0 Å². The van der Waals surface area contributed by atoms with Crippen LogP contribution in [0, 0.1) is 0 Å². The molecule has 108 valence electrons. The van der Waals surface area contributed by atoms with Crippen LogP contribution in [-0.2, 0) is 6.54 Å². The standard InChI is InChI=1S/C16H28N2O/c1-3-9-17-10-6-11-18-14-15-7-5-8-16(13-15)19-12-4-2/h5,7-8,13,17-18H,3-4,6,9-12,14H2,1-2H3. The van der Waals surface area contributed by atoms with E-state index < -0.39 is 0 Å². The van der Waals surface area contributed by atoms with Gasteiger partial charge in [-0.1, -0.05) is 26.0 Å². The Hall–Kier alpha value is -1.06. The van der Waals surface area contributed by atoms with Gasteiger partial charge in [0.25, 0.3) is 0 Å². The van der Waals surface area contributed by atoms with Gasteiger partial charge in [-0.05, 0) is 56.6 Å². The molecule has 3 nitrogen and oxygen atoms in total. The van der Waals surface area contributed by atoms with Gasteiger partial charge in [0.15, 0.2) is 0 Å². The van der Waals surface area contributed by atoms with E-state index in [1.165, 1.54) is 18.4 Å². The first-order valence-corrected chi connectivity index (χ1v) is 7.50. The topological polar surface area (TPSA) is 33.3 Å². The molecule has 0 saturated heterocycles. The molecule has 0 saturated carbocycles. The molecule has 1 rings (SSSR count). The summed E-state index contributed by atoms with van der Waals surface area (Å²) >= 11 is 0. The van der Waals surface area contributed by atoms with E-state index in [2.05, 4.69) is 42.7 Å². The van der Waals surface area contributed by atoms with E-state index in [1.807, 2.05) is 6.07 Å². The minimum absolute atomic E-state index is 0.792. The van der Waals surface area contributed by atoms with Crippen molar-refractivity contribution < 1.29 is 4.74 Å². The lowest BCUT2D eigenvalue weighted by molar-refractivity contribution is 0.317. The third-order valence-electron chi connectivity index (χ3n) is 2.83. The summed E-state index contributed by atoms with van der Waals surface area (Å²) in [6.45, 7) is 9.29. The van der Waals surface area contributed by atoms with Crippen molar-refractivity contribution in [3.63, 3.8) is 0 Å². The second kappa shape index (κ2) is 10.8. The van der Waals surface area contributed by atoms with Crippen molar-refractivity contribution in [2.45, 2.75) is 39.7 Å². The summed E-state index contributed by atoms with van der Waals surface area (Å²) in [5.74, 6) is 0.978. The minimum atomic E-state index is 0.792. The molecule has 1 aromatic rings. The van der Waals surface area contributed by atoms with E-state index >= 15 is 0 Å². The summed E-state index contributed by atoms with van der Waals surface area (Å²) in [4.78, 5) is 0. The molecule has 0 aromatic heterocycles. The Kier molecular flexibility index (Phi) is 9.11. The highest BCUT2D eigenvalue weighted by molar-refractivity contribution is 5.28. The van der Waals surface area contributed by atoms with Gasteiger partial charge in [0.2, 0.25) is 0 Å². The molecule has 19 heavy (non-hydrogen) atoms. The molecule has 0 amide bonds. The lowest BCUT2D eigenvalue weighted by Gasteiger charge is -2.08. The molecule has 2 N–H and O–H groups in total. The fraction of sp³-hybridized carbons (Fsp3) is 0.625. The molecule has 0 unspecified atom stereocenters. The number of benzene rings is 1. The predicted octanol–water partition coefficient (Wildman–Crippen LogP) is 2.95. The third kappa shape index (κ3) is 7.85. The van der Waals surface area contributed by atoms with Crippen LogP contribution in [0.15, 0.2) is 24.3 Å². The van der Waals surface area contributed by atoms with Gasteiger partial charge in [0.1, 0.15) is 5.75 Å². The molecule has 0 radical (unpaired) electrons.